The highest BCUT2D eigenvalue weighted by Crippen LogP contribution is 2.22. The zero-order chi connectivity index (χ0) is 19.2. The summed E-state index contributed by atoms with van der Waals surface area (Å²) in [5.74, 6) is -0.937. The number of carbonyl (C=O) groups is 2. The van der Waals surface area contributed by atoms with Crippen LogP contribution in [0.2, 0.25) is 0 Å². The maximum absolute atomic E-state index is 12.9. The molecule has 1 amide bonds. The van der Waals surface area contributed by atoms with Crippen molar-refractivity contribution in [1.82, 2.24) is 4.98 Å². The third-order valence-electron chi connectivity index (χ3n) is 3.60. The van der Waals surface area contributed by atoms with E-state index in [1.807, 2.05) is 24.3 Å². The fourth-order valence-electron chi connectivity index (χ4n) is 2.23. The molecule has 0 aliphatic rings. The third kappa shape index (κ3) is 5.51. The van der Waals surface area contributed by atoms with Gasteiger partial charge < -0.3 is 10.1 Å². The van der Waals surface area contributed by atoms with Crippen molar-refractivity contribution in [2.75, 3.05) is 11.1 Å². The summed E-state index contributed by atoms with van der Waals surface area (Å²) in [5, 5.41) is 2.89. The quantitative estimate of drug-likeness (QED) is 0.597. The molecule has 0 aliphatic carbocycles. The number of nitrogens with zero attached hydrogens (tertiary/aromatic N) is 1. The van der Waals surface area contributed by atoms with Gasteiger partial charge in [0.15, 0.2) is 0 Å². The number of hydrogen-bond acceptors (Lipinski definition) is 6. The Kier molecular flexibility index (Phi) is 6.41. The molecule has 0 aliphatic heterocycles. The Morgan fingerprint density at radius 3 is 2.70 bits per heavy atom. The van der Waals surface area contributed by atoms with Crippen LogP contribution in [0.3, 0.4) is 0 Å². The highest BCUT2D eigenvalue weighted by atomic mass is 32.2. The number of thioether (sulfide) groups is 1. The summed E-state index contributed by atoms with van der Waals surface area (Å²) >= 11 is 2.66. The minimum absolute atomic E-state index is 0.0920. The number of hydrogen-bond donors (Lipinski definition) is 1. The van der Waals surface area contributed by atoms with Gasteiger partial charge in [-0.3, -0.25) is 9.59 Å². The summed E-state index contributed by atoms with van der Waals surface area (Å²) in [7, 11) is 0. The van der Waals surface area contributed by atoms with Gasteiger partial charge in [0.1, 0.15) is 22.7 Å². The standard InChI is InChI=1S/C19H17FN2O3S2/c1-12(26-11-17(23)21-14-8-6-13(20)7-9-14)19(24)25-10-18-22-15-4-2-3-5-16(15)27-18/h2-9,12H,10-11H2,1H3,(H,21,23)/t12-/m1/s1. The van der Waals surface area contributed by atoms with E-state index in [2.05, 4.69) is 10.3 Å². The number of fused-ring (bicyclic) bond motifs is 1. The van der Waals surface area contributed by atoms with Gasteiger partial charge in [-0.2, -0.15) is 0 Å². The van der Waals surface area contributed by atoms with E-state index in [1.165, 1.54) is 47.4 Å². The topological polar surface area (TPSA) is 68.3 Å². The lowest BCUT2D eigenvalue weighted by atomic mass is 10.3. The normalized spacial score (nSPS) is 11.9. The average molecular weight is 404 g/mol. The van der Waals surface area contributed by atoms with Gasteiger partial charge in [-0.05, 0) is 43.3 Å². The number of para-hydroxylation sites is 1. The van der Waals surface area contributed by atoms with E-state index in [0.717, 1.165) is 15.2 Å². The second-order valence-corrected chi connectivity index (χ2v) is 8.14. The maximum atomic E-state index is 12.9. The average Bonchev–Trinajstić information content (AvgIpc) is 3.09. The summed E-state index contributed by atoms with van der Waals surface area (Å²) < 4.78 is 19.2. The van der Waals surface area contributed by atoms with Gasteiger partial charge in [0.05, 0.1) is 16.0 Å². The van der Waals surface area contributed by atoms with Gasteiger partial charge in [0, 0.05) is 5.69 Å². The molecule has 8 heteroatoms. The number of halogens is 1. The van der Waals surface area contributed by atoms with Crippen molar-refractivity contribution in [3.05, 3.63) is 59.4 Å². The van der Waals surface area contributed by atoms with E-state index >= 15 is 0 Å². The number of esters is 1. The molecule has 140 valence electrons. The van der Waals surface area contributed by atoms with Gasteiger partial charge in [-0.25, -0.2) is 9.37 Å². The van der Waals surface area contributed by atoms with Crippen LogP contribution in [0.15, 0.2) is 48.5 Å². The summed E-state index contributed by atoms with van der Waals surface area (Å²) in [4.78, 5) is 28.4. The number of rotatable bonds is 7. The minimum Gasteiger partial charge on any atom is -0.457 e. The lowest BCUT2D eigenvalue weighted by Crippen LogP contribution is -2.21. The minimum atomic E-state index is -0.488. The Hall–Kier alpha value is -2.45. The molecule has 1 atom stereocenters. The second kappa shape index (κ2) is 8.96. The molecule has 1 N–H and O–H groups in total. The second-order valence-electron chi connectivity index (χ2n) is 5.69. The molecule has 0 unspecified atom stereocenters. The molecular weight excluding hydrogens is 387 g/mol. The van der Waals surface area contributed by atoms with Crippen LogP contribution in [0.25, 0.3) is 10.2 Å². The number of ether oxygens (including phenoxy) is 1. The highest BCUT2D eigenvalue weighted by molar-refractivity contribution is 8.01. The number of amides is 1. The van der Waals surface area contributed by atoms with Crippen LogP contribution in [-0.4, -0.2) is 27.9 Å². The Bertz CT molecular complexity index is 911. The lowest BCUT2D eigenvalue weighted by Gasteiger charge is -2.10. The van der Waals surface area contributed by atoms with Crippen molar-refractivity contribution in [3.8, 4) is 0 Å². The van der Waals surface area contributed by atoms with E-state index in [-0.39, 0.29) is 24.1 Å². The predicted octanol–water partition coefficient (Wildman–Crippen LogP) is 4.24. The maximum Gasteiger partial charge on any atom is 0.319 e. The van der Waals surface area contributed by atoms with Gasteiger partial charge in [0.25, 0.3) is 0 Å². The highest BCUT2D eigenvalue weighted by Gasteiger charge is 2.17. The monoisotopic (exact) mass is 404 g/mol. The zero-order valence-corrected chi connectivity index (χ0v) is 16.1. The number of carbonyl (C=O) groups excluding carboxylic acids is 2. The molecule has 5 nitrogen and oxygen atoms in total. The first-order valence-corrected chi connectivity index (χ1v) is 10.1. The molecular formula is C19H17FN2O3S2. The number of benzene rings is 2. The summed E-state index contributed by atoms with van der Waals surface area (Å²) in [6, 6.07) is 13.2. The number of aromatic nitrogens is 1. The first-order chi connectivity index (χ1) is 13.0. The first kappa shape index (κ1) is 19.3. The van der Waals surface area contributed by atoms with E-state index in [4.69, 9.17) is 4.74 Å². The van der Waals surface area contributed by atoms with Crippen LogP contribution in [0.1, 0.15) is 11.9 Å². The van der Waals surface area contributed by atoms with E-state index in [0.29, 0.717) is 5.69 Å². The summed E-state index contributed by atoms with van der Waals surface area (Å²) in [5.41, 5.74) is 1.39. The molecule has 0 radical (unpaired) electrons. The number of thiazole rings is 1. The molecule has 0 spiro atoms. The van der Waals surface area contributed by atoms with Crippen LogP contribution in [0.5, 0.6) is 0 Å². The Morgan fingerprint density at radius 2 is 1.96 bits per heavy atom. The van der Waals surface area contributed by atoms with Gasteiger partial charge >= 0.3 is 5.97 Å². The fraction of sp³-hybridized carbons (Fsp3) is 0.211. The summed E-state index contributed by atoms with van der Waals surface area (Å²) in [6.07, 6.45) is 0. The molecule has 0 saturated heterocycles. The Morgan fingerprint density at radius 1 is 1.22 bits per heavy atom. The van der Waals surface area contributed by atoms with Gasteiger partial charge in [-0.1, -0.05) is 12.1 Å². The predicted molar refractivity (Wildman–Crippen MR) is 106 cm³/mol. The lowest BCUT2D eigenvalue weighted by molar-refractivity contribution is -0.143. The SMILES string of the molecule is C[C@@H](SCC(=O)Nc1ccc(F)cc1)C(=O)OCc1nc2ccccc2s1. The van der Waals surface area contributed by atoms with E-state index < -0.39 is 11.2 Å². The van der Waals surface area contributed by atoms with Crippen LogP contribution < -0.4 is 5.32 Å². The van der Waals surface area contributed by atoms with Gasteiger partial charge in [-0.15, -0.1) is 23.1 Å². The Balaban J connectivity index is 1.43. The van der Waals surface area contributed by atoms with Crippen molar-refractivity contribution in [2.45, 2.75) is 18.8 Å². The van der Waals surface area contributed by atoms with Crippen molar-refractivity contribution in [2.24, 2.45) is 0 Å². The smallest absolute Gasteiger partial charge is 0.319 e. The number of nitrogens with one attached hydrogen (secondary N) is 1. The summed E-state index contributed by atoms with van der Waals surface area (Å²) in [6.45, 7) is 1.81. The third-order valence-corrected chi connectivity index (χ3v) is 5.73. The number of anilines is 1. The molecule has 2 aromatic carbocycles. The van der Waals surface area contributed by atoms with Crippen molar-refractivity contribution in [1.29, 1.82) is 0 Å². The molecule has 3 rings (SSSR count). The molecule has 0 bridgehead atoms. The van der Waals surface area contributed by atoms with E-state index in [9.17, 15) is 14.0 Å². The van der Waals surface area contributed by atoms with Crippen LogP contribution in [0, 0.1) is 5.82 Å². The van der Waals surface area contributed by atoms with Crippen molar-refractivity contribution >= 4 is 50.9 Å². The molecule has 1 heterocycles. The molecule has 0 saturated carbocycles. The van der Waals surface area contributed by atoms with E-state index in [1.54, 1.807) is 6.92 Å². The van der Waals surface area contributed by atoms with Crippen LogP contribution in [-0.2, 0) is 20.9 Å². The van der Waals surface area contributed by atoms with Crippen LogP contribution in [0.4, 0.5) is 10.1 Å². The zero-order valence-electron chi connectivity index (χ0n) is 14.5. The first-order valence-electron chi connectivity index (χ1n) is 8.19. The molecule has 0 fully saturated rings. The molecule has 27 heavy (non-hydrogen) atoms. The molecule has 1 aromatic heterocycles. The van der Waals surface area contributed by atoms with Gasteiger partial charge in [0.2, 0.25) is 5.91 Å². The Labute approximate surface area is 163 Å². The molecule has 3 aromatic rings. The van der Waals surface area contributed by atoms with Crippen molar-refractivity contribution in [3.63, 3.8) is 0 Å². The van der Waals surface area contributed by atoms with Crippen molar-refractivity contribution < 1.29 is 18.7 Å². The fourth-order valence-corrected chi connectivity index (χ4v) is 3.79. The largest absolute Gasteiger partial charge is 0.457 e. The van der Waals surface area contributed by atoms with Crippen LogP contribution >= 0.6 is 23.1 Å².